The predicted molar refractivity (Wildman–Crippen MR) is 83.8 cm³/mol. The second kappa shape index (κ2) is 7.73. The molecule has 0 aromatic heterocycles. The van der Waals surface area contributed by atoms with E-state index in [-0.39, 0.29) is 18.9 Å². The highest BCUT2D eigenvalue weighted by atomic mass is 35.5. The lowest BCUT2D eigenvalue weighted by atomic mass is 10.1. The number of rotatable bonds is 6. The molecule has 0 radical (unpaired) electrons. The van der Waals surface area contributed by atoms with E-state index in [0.717, 1.165) is 0 Å². The number of nitrogens with two attached hydrogens (primary N) is 1. The minimum Gasteiger partial charge on any atom is -0.462 e. The monoisotopic (exact) mass is 313 g/mol. The number of nitrogens with zero attached hydrogens (tertiary/aromatic N) is 1. The molecule has 0 bridgehead atoms. The second-order valence-electron chi connectivity index (χ2n) is 4.46. The standard InChI is InChI=1S/C14H20ClN3O3/c1-4-21-14(20)10-7-9(16)8-11(15)13(10)18(3)6-5-12(19)17-2/h7-8H,4-6,16H2,1-3H3,(H,17,19). The number of nitrogen functional groups attached to an aromatic ring is 1. The Bertz CT molecular complexity index is 534. The highest BCUT2D eigenvalue weighted by Gasteiger charge is 2.20. The first kappa shape index (κ1) is 17.1. The molecule has 0 heterocycles. The first-order valence-electron chi connectivity index (χ1n) is 6.58. The summed E-state index contributed by atoms with van der Waals surface area (Å²) in [7, 11) is 3.33. The molecule has 1 aromatic rings. The molecule has 0 saturated carbocycles. The van der Waals surface area contributed by atoms with Crippen LogP contribution in [0, 0.1) is 0 Å². The molecule has 0 aliphatic carbocycles. The zero-order chi connectivity index (χ0) is 16.0. The van der Waals surface area contributed by atoms with E-state index >= 15 is 0 Å². The second-order valence-corrected chi connectivity index (χ2v) is 4.87. The van der Waals surface area contributed by atoms with Crippen molar-refractivity contribution >= 4 is 34.9 Å². The number of esters is 1. The molecule has 0 aliphatic heterocycles. The van der Waals surface area contributed by atoms with Crippen molar-refractivity contribution in [2.45, 2.75) is 13.3 Å². The van der Waals surface area contributed by atoms with Gasteiger partial charge in [-0.15, -0.1) is 0 Å². The largest absolute Gasteiger partial charge is 0.462 e. The molecule has 0 spiro atoms. The van der Waals surface area contributed by atoms with Crippen LogP contribution in [0.3, 0.4) is 0 Å². The van der Waals surface area contributed by atoms with Crippen LogP contribution < -0.4 is 16.0 Å². The molecule has 0 atom stereocenters. The number of hydrogen-bond acceptors (Lipinski definition) is 5. The van der Waals surface area contributed by atoms with Crippen LogP contribution in [0.2, 0.25) is 5.02 Å². The number of halogens is 1. The summed E-state index contributed by atoms with van der Waals surface area (Å²) < 4.78 is 5.02. The number of carbonyl (C=O) groups is 2. The molecule has 0 unspecified atom stereocenters. The topological polar surface area (TPSA) is 84.7 Å². The number of ether oxygens (including phenoxy) is 1. The molecular weight excluding hydrogens is 294 g/mol. The Hall–Kier alpha value is -1.95. The van der Waals surface area contributed by atoms with E-state index in [0.29, 0.717) is 28.5 Å². The third-order valence-electron chi connectivity index (χ3n) is 2.92. The van der Waals surface area contributed by atoms with Crippen molar-refractivity contribution in [2.24, 2.45) is 0 Å². The maximum atomic E-state index is 12.0. The van der Waals surface area contributed by atoms with Gasteiger partial charge in [-0.1, -0.05) is 11.6 Å². The Morgan fingerprint density at radius 1 is 1.43 bits per heavy atom. The van der Waals surface area contributed by atoms with E-state index in [1.54, 1.807) is 32.0 Å². The van der Waals surface area contributed by atoms with Gasteiger partial charge in [-0.05, 0) is 19.1 Å². The lowest BCUT2D eigenvalue weighted by Gasteiger charge is -2.23. The molecular formula is C14H20ClN3O3. The van der Waals surface area contributed by atoms with E-state index in [1.165, 1.54) is 6.07 Å². The summed E-state index contributed by atoms with van der Waals surface area (Å²) in [5.74, 6) is -0.584. The number of anilines is 2. The molecule has 1 amide bonds. The summed E-state index contributed by atoms with van der Waals surface area (Å²) in [5.41, 5.74) is 6.91. The van der Waals surface area contributed by atoms with Crippen molar-refractivity contribution < 1.29 is 14.3 Å². The van der Waals surface area contributed by atoms with Crippen LogP contribution in [0.25, 0.3) is 0 Å². The van der Waals surface area contributed by atoms with Gasteiger partial charge >= 0.3 is 5.97 Å². The number of hydrogen-bond donors (Lipinski definition) is 2. The van der Waals surface area contributed by atoms with Crippen molar-refractivity contribution in [1.29, 1.82) is 0 Å². The summed E-state index contributed by atoms with van der Waals surface area (Å²) in [4.78, 5) is 25.1. The minimum absolute atomic E-state index is 0.0916. The third kappa shape index (κ3) is 4.53. The smallest absolute Gasteiger partial charge is 0.340 e. The fourth-order valence-electron chi connectivity index (χ4n) is 1.88. The van der Waals surface area contributed by atoms with Gasteiger partial charge < -0.3 is 20.7 Å². The van der Waals surface area contributed by atoms with E-state index in [4.69, 9.17) is 22.1 Å². The van der Waals surface area contributed by atoms with Gasteiger partial charge in [-0.3, -0.25) is 4.79 Å². The quantitative estimate of drug-likeness (QED) is 0.616. The average molecular weight is 314 g/mol. The Morgan fingerprint density at radius 2 is 2.10 bits per heavy atom. The van der Waals surface area contributed by atoms with Crippen LogP contribution >= 0.6 is 11.6 Å². The molecule has 21 heavy (non-hydrogen) atoms. The number of carbonyl (C=O) groups excluding carboxylic acids is 2. The van der Waals surface area contributed by atoms with Crippen LogP contribution in [0.5, 0.6) is 0 Å². The van der Waals surface area contributed by atoms with Gasteiger partial charge in [-0.2, -0.15) is 0 Å². The van der Waals surface area contributed by atoms with Crippen LogP contribution in [0.15, 0.2) is 12.1 Å². The number of amides is 1. The van der Waals surface area contributed by atoms with Gasteiger partial charge in [0.2, 0.25) is 5.91 Å². The predicted octanol–water partition coefficient (Wildman–Crippen LogP) is 1.67. The molecule has 6 nitrogen and oxygen atoms in total. The van der Waals surface area contributed by atoms with Gasteiger partial charge in [0.1, 0.15) is 0 Å². The van der Waals surface area contributed by atoms with E-state index in [9.17, 15) is 9.59 Å². The Labute approximate surface area is 129 Å². The van der Waals surface area contributed by atoms with Gasteiger partial charge in [-0.25, -0.2) is 4.79 Å². The van der Waals surface area contributed by atoms with E-state index < -0.39 is 5.97 Å². The normalized spacial score (nSPS) is 10.1. The first-order chi connectivity index (χ1) is 9.90. The minimum atomic E-state index is -0.492. The van der Waals surface area contributed by atoms with Crippen molar-refractivity contribution in [2.75, 3.05) is 37.9 Å². The van der Waals surface area contributed by atoms with Crippen LogP contribution in [0.1, 0.15) is 23.7 Å². The van der Waals surface area contributed by atoms with E-state index in [2.05, 4.69) is 5.32 Å². The molecule has 1 aromatic carbocycles. The molecule has 3 N–H and O–H groups in total. The van der Waals surface area contributed by atoms with Gasteiger partial charge in [0.25, 0.3) is 0 Å². The van der Waals surface area contributed by atoms with Gasteiger partial charge in [0, 0.05) is 32.7 Å². The van der Waals surface area contributed by atoms with Crippen molar-refractivity contribution in [3.63, 3.8) is 0 Å². The highest BCUT2D eigenvalue weighted by molar-refractivity contribution is 6.34. The highest BCUT2D eigenvalue weighted by Crippen LogP contribution is 2.32. The molecule has 0 saturated heterocycles. The molecule has 116 valence electrons. The average Bonchev–Trinajstić information content (AvgIpc) is 2.43. The summed E-state index contributed by atoms with van der Waals surface area (Å²) in [5, 5.41) is 2.89. The van der Waals surface area contributed by atoms with Crippen LogP contribution in [-0.4, -0.2) is 39.1 Å². The molecule has 0 aliphatic rings. The zero-order valence-electron chi connectivity index (χ0n) is 12.4. The van der Waals surface area contributed by atoms with Gasteiger partial charge in [0.15, 0.2) is 0 Å². The summed E-state index contributed by atoms with van der Waals surface area (Å²) in [6.45, 7) is 2.39. The van der Waals surface area contributed by atoms with Crippen molar-refractivity contribution in [1.82, 2.24) is 5.32 Å². The fraction of sp³-hybridized carbons (Fsp3) is 0.429. The third-order valence-corrected chi connectivity index (χ3v) is 3.20. The lowest BCUT2D eigenvalue weighted by Crippen LogP contribution is -2.28. The summed E-state index contributed by atoms with van der Waals surface area (Å²) in [6, 6.07) is 3.09. The van der Waals surface area contributed by atoms with Crippen LogP contribution in [0.4, 0.5) is 11.4 Å². The Morgan fingerprint density at radius 3 is 2.67 bits per heavy atom. The zero-order valence-corrected chi connectivity index (χ0v) is 13.2. The van der Waals surface area contributed by atoms with Gasteiger partial charge in [0.05, 0.1) is 22.9 Å². The summed E-state index contributed by atoms with van der Waals surface area (Å²) >= 11 is 6.19. The SMILES string of the molecule is CCOC(=O)c1cc(N)cc(Cl)c1N(C)CCC(=O)NC. The van der Waals surface area contributed by atoms with Crippen molar-refractivity contribution in [3.8, 4) is 0 Å². The van der Waals surface area contributed by atoms with Crippen molar-refractivity contribution in [3.05, 3.63) is 22.7 Å². The first-order valence-corrected chi connectivity index (χ1v) is 6.96. The van der Waals surface area contributed by atoms with Crippen LogP contribution in [-0.2, 0) is 9.53 Å². The maximum Gasteiger partial charge on any atom is 0.340 e. The van der Waals surface area contributed by atoms with E-state index in [1.807, 2.05) is 0 Å². The summed E-state index contributed by atoms with van der Waals surface area (Å²) in [6.07, 6.45) is 0.288. The maximum absolute atomic E-state index is 12.0. The number of benzene rings is 1. The molecule has 1 rings (SSSR count). The molecule has 0 fully saturated rings. The number of nitrogens with one attached hydrogen (secondary N) is 1. The molecule has 7 heteroatoms. The lowest BCUT2D eigenvalue weighted by molar-refractivity contribution is -0.120. The fourth-order valence-corrected chi connectivity index (χ4v) is 2.25. The Balaban J connectivity index is 3.08. The Kier molecular flexibility index (Phi) is 6.30.